The largest absolute Gasteiger partial charge is 0.253 e. The molecule has 0 saturated heterocycles. The number of pyridine rings is 1. The van der Waals surface area contributed by atoms with E-state index in [2.05, 4.69) is 18.8 Å². The van der Waals surface area contributed by atoms with Gasteiger partial charge in [-0.25, -0.2) is 0 Å². The van der Waals surface area contributed by atoms with Crippen LogP contribution < -0.4 is 0 Å². The van der Waals surface area contributed by atoms with Crippen LogP contribution in [0, 0.1) is 0 Å². The zero-order chi connectivity index (χ0) is 10.1. The quantitative estimate of drug-likeness (QED) is 0.644. The van der Waals surface area contributed by atoms with Gasteiger partial charge >= 0.3 is 0 Å². The molecule has 0 aliphatic carbocycles. The van der Waals surface area contributed by atoms with E-state index >= 15 is 0 Å². The Morgan fingerprint density at radius 3 is 2.77 bits per heavy atom. The number of para-hydroxylation sites is 1. The molecule has 0 bridgehead atoms. The molecule has 0 amide bonds. The van der Waals surface area contributed by atoms with E-state index in [0.717, 1.165) is 16.6 Å². The number of nitrogens with zero attached hydrogens (tertiary/aromatic N) is 1. The third kappa shape index (κ3) is 1.55. The lowest BCUT2D eigenvalue weighted by atomic mass is 10.1. The third-order valence-corrected chi connectivity index (χ3v) is 2.10. The van der Waals surface area contributed by atoms with Gasteiger partial charge in [-0.3, -0.25) is 4.98 Å². The monoisotopic (exact) mass is 173 g/mol. The predicted molar refractivity (Wildman–Crippen MR) is 55.8 cm³/mol. The van der Waals surface area contributed by atoms with Gasteiger partial charge in [-0.15, -0.1) is 0 Å². The number of fused-ring (bicyclic) bond motifs is 1. The highest BCUT2D eigenvalue weighted by Crippen LogP contribution is 2.16. The summed E-state index contributed by atoms with van der Waals surface area (Å²) in [5.74, 6) is 0.312. The lowest BCUT2D eigenvalue weighted by molar-refractivity contribution is 0.830. The number of hydrogen-bond acceptors (Lipinski definition) is 1. The maximum Gasteiger partial charge on any atom is 0.0705 e. The normalized spacial score (nSPS) is 12.1. The van der Waals surface area contributed by atoms with Gasteiger partial charge in [0.2, 0.25) is 0 Å². The van der Waals surface area contributed by atoms with Crippen LogP contribution in [0.25, 0.3) is 10.9 Å². The Hall–Kier alpha value is -1.37. The standard InChI is InChI=1S/C12H13N/c1-9(2)11-8-7-10-5-3-4-6-12(10)13-11/h3-9H,1-2H3/i8T. The molecular formula is C12H13N. The summed E-state index contributed by atoms with van der Waals surface area (Å²) >= 11 is 0. The molecule has 1 heterocycles. The van der Waals surface area contributed by atoms with Crippen LogP contribution in [-0.4, -0.2) is 4.98 Å². The summed E-state index contributed by atoms with van der Waals surface area (Å²) < 4.78 is 7.82. The number of hydrogen-bond donors (Lipinski definition) is 0. The maximum absolute atomic E-state index is 7.82. The lowest BCUT2D eigenvalue weighted by Gasteiger charge is -2.04. The first-order chi connectivity index (χ1) is 6.68. The van der Waals surface area contributed by atoms with Crippen LogP contribution in [0.2, 0.25) is 0 Å². The maximum atomic E-state index is 7.82. The highest BCUT2D eigenvalue weighted by Gasteiger charge is 2.00. The summed E-state index contributed by atoms with van der Waals surface area (Å²) in [5, 5.41) is 1.04. The highest BCUT2D eigenvalue weighted by molar-refractivity contribution is 5.78. The van der Waals surface area contributed by atoms with Gasteiger partial charge in [0.25, 0.3) is 0 Å². The van der Waals surface area contributed by atoms with E-state index in [1.165, 1.54) is 0 Å². The van der Waals surface area contributed by atoms with E-state index in [9.17, 15) is 0 Å². The number of rotatable bonds is 1. The minimum absolute atomic E-state index is 0.312. The van der Waals surface area contributed by atoms with Crippen LogP contribution in [-0.2, 0) is 0 Å². The van der Waals surface area contributed by atoms with Crippen LogP contribution in [0.15, 0.2) is 36.4 Å². The molecule has 0 radical (unpaired) electrons. The lowest BCUT2D eigenvalue weighted by Crippen LogP contribution is -1.91. The topological polar surface area (TPSA) is 12.9 Å². The van der Waals surface area contributed by atoms with Gasteiger partial charge in [-0.2, -0.15) is 0 Å². The average molecular weight is 173 g/mol. The Morgan fingerprint density at radius 1 is 1.23 bits per heavy atom. The molecule has 13 heavy (non-hydrogen) atoms. The summed E-state index contributed by atoms with van der Waals surface area (Å²) in [4.78, 5) is 4.49. The molecule has 2 aromatic rings. The van der Waals surface area contributed by atoms with Crippen LogP contribution in [0.5, 0.6) is 0 Å². The molecule has 1 aromatic carbocycles. The second kappa shape index (κ2) is 3.17. The van der Waals surface area contributed by atoms with Gasteiger partial charge in [0, 0.05) is 11.1 Å². The van der Waals surface area contributed by atoms with Gasteiger partial charge in [0.05, 0.1) is 6.89 Å². The first-order valence-corrected chi connectivity index (χ1v) is 4.55. The molecule has 0 unspecified atom stereocenters. The Labute approximate surface area is 79.8 Å². The molecule has 0 N–H and O–H groups in total. The van der Waals surface area contributed by atoms with Crippen molar-refractivity contribution in [3.63, 3.8) is 0 Å². The number of aromatic nitrogens is 1. The van der Waals surface area contributed by atoms with E-state index in [0.29, 0.717) is 12.0 Å². The number of benzene rings is 1. The van der Waals surface area contributed by atoms with Crippen molar-refractivity contribution in [2.45, 2.75) is 19.8 Å². The van der Waals surface area contributed by atoms with Crippen molar-refractivity contribution in [2.24, 2.45) is 0 Å². The summed E-state index contributed by atoms with van der Waals surface area (Å²) in [7, 11) is 0. The summed E-state index contributed by atoms with van der Waals surface area (Å²) in [6.07, 6.45) is 0. The Balaban J connectivity index is 2.71. The SMILES string of the molecule is [3H]c1cc2ccccc2nc1C(C)C. The molecule has 0 saturated carbocycles. The van der Waals surface area contributed by atoms with Gasteiger partial charge in [-0.1, -0.05) is 38.1 Å². The average Bonchev–Trinajstić information content (AvgIpc) is 2.16. The van der Waals surface area contributed by atoms with Crippen LogP contribution in [0.4, 0.5) is 0 Å². The zero-order valence-corrected chi connectivity index (χ0v) is 7.91. The van der Waals surface area contributed by atoms with Crippen molar-refractivity contribution >= 4 is 10.9 Å². The molecule has 2 rings (SSSR count). The molecule has 0 aliphatic rings. The van der Waals surface area contributed by atoms with E-state index in [4.69, 9.17) is 1.37 Å². The van der Waals surface area contributed by atoms with E-state index < -0.39 is 0 Å². The van der Waals surface area contributed by atoms with E-state index in [1.54, 1.807) is 0 Å². The first-order valence-electron chi connectivity index (χ1n) is 5.05. The molecule has 66 valence electrons. The van der Waals surface area contributed by atoms with Crippen molar-refractivity contribution in [3.05, 3.63) is 42.1 Å². The van der Waals surface area contributed by atoms with Gasteiger partial charge < -0.3 is 0 Å². The molecule has 0 aliphatic heterocycles. The smallest absolute Gasteiger partial charge is 0.0705 e. The minimum atomic E-state index is 0.312. The van der Waals surface area contributed by atoms with E-state index in [-0.39, 0.29) is 0 Å². The van der Waals surface area contributed by atoms with Gasteiger partial charge in [-0.05, 0) is 18.0 Å². The fourth-order valence-corrected chi connectivity index (χ4v) is 1.32. The third-order valence-electron chi connectivity index (χ3n) is 2.10. The zero-order valence-electron chi connectivity index (χ0n) is 8.91. The highest BCUT2D eigenvalue weighted by atomic mass is 14.7. The Morgan fingerprint density at radius 2 is 2.00 bits per heavy atom. The molecule has 1 aromatic heterocycles. The van der Waals surface area contributed by atoms with Gasteiger partial charge in [0.15, 0.2) is 0 Å². The fraction of sp³-hybridized carbons (Fsp3) is 0.250. The fourth-order valence-electron chi connectivity index (χ4n) is 1.32. The van der Waals surface area contributed by atoms with Gasteiger partial charge in [0.1, 0.15) is 0 Å². The molecule has 0 fully saturated rings. The molecule has 0 atom stereocenters. The predicted octanol–water partition coefficient (Wildman–Crippen LogP) is 3.36. The van der Waals surface area contributed by atoms with Crippen LogP contribution in [0.1, 0.15) is 26.8 Å². The van der Waals surface area contributed by atoms with Crippen molar-refractivity contribution < 1.29 is 1.37 Å². The summed E-state index contributed by atoms with van der Waals surface area (Å²) in [5.41, 5.74) is 1.86. The van der Waals surface area contributed by atoms with Crippen molar-refractivity contribution in [1.29, 1.82) is 0 Å². The van der Waals surface area contributed by atoms with Crippen molar-refractivity contribution in [2.75, 3.05) is 0 Å². The summed E-state index contributed by atoms with van der Waals surface area (Å²) in [6, 6.07) is 10.4. The first kappa shape index (κ1) is 7.07. The Kier molecular flexibility index (Phi) is 1.73. The molecular weight excluding hydrogens is 158 g/mol. The molecule has 1 heteroatoms. The molecule has 1 nitrogen and oxygen atoms in total. The molecule has 0 spiro atoms. The van der Waals surface area contributed by atoms with Crippen molar-refractivity contribution in [1.82, 2.24) is 4.98 Å². The van der Waals surface area contributed by atoms with E-state index in [1.807, 2.05) is 30.3 Å². The van der Waals surface area contributed by atoms with Crippen LogP contribution in [0.3, 0.4) is 0 Å². The van der Waals surface area contributed by atoms with Crippen LogP contribution >= 0.6 is 0 Å². The second-order valence-electron chi connectivity index (χ2n) is 3.50. The minimum Gasteiger partial charge on any atom is -0.253 e. The summed E-state index contributed by atoms with van der Waals surface area (Å²) in [6.45, 7) is 4.13. The van der Waals surface area contributed by atoms with Crippen molar-refractivity contribution in [3.8, 4) is 0 Å². The Bertz CT molecular complexity index is 463. The second-order valence-corrected chi connectivity index (χ2v) is 3.50.